The summed E-state index contributed by atoms with van der Waals surface area (Å²) < 4.78 is 0. The molecule has 0 fully saturated rings. The third kappa shape index (κ3) is 2.97. The van der Waals surface area contributed by atoms with Crippen molar-refractivity contribution >= 4 is 45.4 Å². The van der Waals surface area contributed by atoms with Crippen molar-refractivity contribution in [2.75, 3.05) is 5.43 Å². The molecule has 1 aromatic heterocycles. The van der Waals surface area contributed by atoms with Gasteiger partial charge in [-0.3, -0.25) is 5.43 Å². The molecule has 4 rings (SSSR count). The largest absolute Gasteiger partial charge is 0.507 e. The number of halogens is 1. The number of hydrazone groups is 1. The lowest BCUT2D eigenvalue weighted by atomic mass is 10.0. The fourth-order valence-corrected chi connectivity index (χ4v) is 2.80. The maximum absolute atomic E-state index is 10.1. The molecule has 1 heterocycles. The summed E-state index contributed by atoms with van der Waals surface area (Å²) in [5.74, 6) is 0.510. The van der Waals surface area contributed by atoms with Crippen LogP contribution in [0.5, 0.6) is 5.75 Å². The van der Waals surface area contributed by atoms with Crippen LogP contribution in [0.1, 0.15) is 5.56 Å². The number of hydrogen-bond donors (Lipinski definition) is 2. The number of hydrogen-bond acceptors (Lipinski definition) is 5. The molecule has 0 saturated heterocycles. The van der Waals surface area contributed by atoms with E-state index in [9.17, 15) is 5.11 Å². The minimum absolute atomic E-state index is 0.153. The van der Waals surface area contributed by atoms with Gasteiger partial charge in [0.15, 0.2) is 11.0 Å². The second-order valence-electron chi connectivity index (χ2n) is 5.44. The van der Waals surface area contributed by atoms with Gasteiger partial charge in [0.1, 0.15) is 5.75 Å². The van der Waals surface area contributed by atoms with Crippen LogP contribution in [0.2, 0.25) is 5.15 Å². The molecule has 4 aromatic rings. The molecule has 6 heteroatoms. The molecule has 0 saturated carbocycles. The van der Waals surface area contributed by atoms with Crippen LogP contribution in [-0.2, 0) is 0 Å². The Balaban J connectivity index is 1.68. The highest BCUT2D eigenvalue weighted by atomic mass is 35.5. The zero-order valence-electron chi connectivity index (χ0n) is 13.0. The van der Waals surface area contributed by atoms with E-state index in [2.05, 4.69) is 20.5 Å². The van der Waals surface area contributed by atoms with Gasteiger partial charge < -0.3 is 5.11 Å². The van der Waals surface area contributed by atoms with Crippen molar-refractivity contribution in [3.63, 3.8) is 0 Å². The average molecular weight is 349 g/mol. The summed E-state index contributed by atoms with van der Waals surface area (Å²) in [6.45, 7) is 0. The lowest BCUT2D eigenvalue weighted by Gasteiger charge is -2.06. The SMILES string of the molecule is Oc1ccc2ccccc2c1/C=N/Nc1nc2ccccc2nc1Cl. The van der Waals surface area contributed by atoms with E-state index in [1.165, 1.54) is 0 Å². The number of para-hydroxylation sites is 2. The summed E-state index contributed by atoms with van der Waals surface area (Å²) in [6, 6.07) is 18.7. The van der Waals surface area contributed by atoms with Gasteiger partial charge in [0, 0.05) is 5.56 Å². The Hall–Kier alpha value is -3.18. The molecule has 0 aliphatic rings. The molecule has 0 bridgehead atoms. The summed E-state index contributed by atoms with van der Waals surface area (Å²) in [4.78, 5) is 8.69. The maximum Gasteiger partial charge on any atom is 0.185 e. The molecule has 0 unspecified atom stereocenters. The average Bonchev–Trinajstić information content (AvgIpc) is 2.64. The fraction of sp³-hybridized carbons (Fsp3) is 0. The highest BCUT2D eigenvalue weighted by Crippen LogP contribution is 2.26. The highest BCUT2D eigenvalue weighted by molar-refractivity contribution is 6.32. The van der Waals surface area contributed by atoms with Gasteiger partial charge in [-0.05, 0) is 29.0 Å². The number of fused-ring (bicyclic) bond motifs is 2. The molecule has 2 N–H and O–H groups in total. The Morgan fingerprint density at radius 2 is 1.64 bits per heavy atom. The number of phenols is 1. The van der Waals surface area contributed by atoms with Crippen molar-refractivity contribution in [2.24, 2.45) is 5.10 Å². The number of nitrogens with one attached hydrogen (secondary N) is 1. The fourth-order valence-electron chi connectivity index (χ4n) is 2.63. The van der Waals surface area contributed by atoms with Crippen LogP contribution in [0, 0.1) is 0 Å². The van der Waals surface area contributed by atoms with Crippen LogP contribution in [-0.4, -0.2) is 21.3 Å². The van der Waals surface area contributed by atoms with Gasteiger partial charge in [-0.1, -0.05) is 54.1 Å². The minimum atomic E-state index is 0.153. The quantitative estimate of drug-likeness (QED) is 0.419. The number of aromatic hydroxyl groups is 1. The second-order valence-corrected chi connectivity index (χ2v) is 5.80. The number of rotatable bonds is 3. The van der Waals surface area contributed by atoms with Crippen LogP contribution in [0.4, 0.5) is 5.82 Å². The molecular formula is C19H13ClN4O. The number of phenolic OH excluding ortho intramolecular Hbond substituents is 1. The summed E-state index contributed by atoms with van der Waals surface area (Å²) >= 11 is 6.15. The highest BCUT2D eigenvalue weighted by Gasteiger charge is 2.07. The van der Waals surface area contributed by atoms with Crippen LogP contribution in [0.25, 0.3) is 21.8 Å². The third-order valence-corrected chi connectivity index (χ3v) is 4.10. The molecule has 122 valence electrons. The lowest BCUT2D eigenvalue weighted by Crippen LogP contribution is -1.97. The molecule has 0 spiro atoms. The summed E-state index contributed by atoms with van der Waals surface area (Å²) in [5, 5.41) is 16.5. The number of anilines is 1. The van der Waals surface area contributed by atoms with E-state index in [-0.39, 0.29) is 10.9 Å². The normalized spacial score (nSPS) is 11.4. The molecule has 5 nitrogen and oxygen atoms in total. The van der Waals surface area contributed by atoms with Crippen LogP contribution < -0.4 is 5.43 Å². The topological polar surface area (TPSA) is 70.4 Å². The molecule has 3 aromatic carbocycles. The summed E-state index contributed by atoms with van der Waals surface area (Å²) in [6.07, 6.45) is 1.55. The van der Waals surface area contributed by atoms with Crippen molar-refractivity contribution < 1.29 is 5.11 Å². The first-order valence-electron chi connectivity index (χ1n) is 7.64. The number of benzene rings is 3. The third-order valence-electron chi connectivity index (χ3n) is 3.84. The molecule has 25 heavy (non-hydrogen) atoms. The van der Waals surface area contributed by atoms with Gasteiger partial charge in [0.25, 0.3) is 0 Å². The predicted octanol–water partition coefficient (Wildman–Crippen LogP) is 4.59. The van der Waals surface area contributed by atoms with Gasteiger partial charge in [-0.25, -0.2) is 9.97 Å². The van der Waals surface area contributed by atoms with Gasteiger partial charge >= 0.3 is 0 Å². The lowest BCUT2D eigenvalue weighted by molar-refractivity contribution is 0.475. The standard InChI is InChI=1S/C19H13ClN4O/c20-18-19(23-16-8-4-3-7-15(16)22-18)24-21-11-14-13-6-2-1-5-12(13)9-10-17(14)25/h1-11,25H,(H,23,24)/b21-11+. The van der Waals surface area contributed by atoms with E-state index in [0.717, 1.165) is 16.3 Å². The Bertz CT molecular complexity index is 1110. The zero-order chi connectivity index (χ0) is 17.2. The van der Waals surface area contributed by atoms with Crippen molar-refractivity contribution in [1.82, 2.24) is 9.97 Å². The van der Waals surface area contributed by atoms with Crippen LogP contribution in [0.3, 0.4) is 0 Å². The smallest absolute Gasteiger partial charge is 0.185 e. The number of aromatic nitrogens is 2. The maximum atomic E-state index is 10.1. The van der Waals surface area contributed by atoms with E-state index in [1.807, 2.05) is 54.6 Å². The molecule has 0 aliphatic carbocycles. The van der Waals surface area contributed by atoms with Gasteiger partial charge in [-0.15, -0.1) is 0 Å². The summed E-state index contributed by atoms with van der Waals surface area (Å²) in [5.41, 5.74) is 4.86. The van der Waals surface area contributed by atoms with Crippen molar-refractivity contribution in [3.8, 4) is 5.75 Å². The van der Waals surface area contributed by atoms with Crippen LogP contribution >= 0.6 is 11.6 Å². The van der Waals surface area contributed by atoms with Gasteiger partial charge in [0.2, 0.25) is 0 Å². The van der Waals surface area contributed by atoms with Gasteiger partial charge in [-0.2, -0.15) is 5.10 Å². The summed E-state index contributed by atoms with van der Waals surface area (Å²) in [7, 11) is 0. The number of nitrogens with zero attached hydrogens (tertiary/aromatic N) is 3. The van der Waals surface area contributed by atoms with Crippen LogP contribution in [0.15, 0.2) is 65.8 Å². The van der Waals surface area contributed by atoms with E-state index < -0.39 is 0 Å². The minimum Gasteiger partial charge on any atom is -0.507 e. The van der Waals surface area contributed by atoms with E-state index in [1.54, 1.807) is 12.3 Å². The van der Waals surface area contributed by atoms with E-state index in [0.29, 0.717) is 16.9 Å². The van der Waals surface area contributed by atoms with Crippen molar-refractivity contribution in [2.45, 2.75) is 0 Å². The Morgan fingerprint density at radius 3 is 2.48 bits per heavy atom. The predicted molar refractivity (Wildman–Crippen MR) is 101 cm³/mol. The van der Waals surface area contributed by atoms with Gasteiger partial charge in [0.05, 0.1) is 17.2 Å². The van der Waals surface area contributed by atoms with E-state index >= 15 is 0 Å². The second kappa shape index (κ2) is 6.37. The Morgan fingerprint density at radius 1 is 0.920 bits per heavy atom. The van der Waals surface area contributed by atoms with Crippen molar-refractivity contribution in [1.29, 1.82) is 0 Å². The first-order chi connectivity index (χ1) is 12.2. The Labute approximate surface area is 148 Å². The molecule has 0 atom stereocenters. The monoisotopic (exact) mass is 348 g/mol. The molecular weight excluding hydrogens is 336 g/mol. The Kier molecular flexibility index (Phi) is 3.91. The molecule has 0 amide bonds. The first kappa shape index (κ1) is 15.4. The van der Waals surface area contributed by atoms with E-state index in [4.69, 9.17) is 11.6 Å². The molecule has 0 aliphatic heterocycles. The molecule has 0 radical (unpaired) electrons. The zero-order valence-corrected chi connectivity index (χ0v) is 13.8. The first-order valence-corrected chi connectivity index (χ1v) is 8.02. The van der Waals surface area contributed by atoms with Crippen molar-refractivity contribution in [3.05, 3.63) is 71.4 Å².